The van der Waals surface area contributed by atoms with Crippen LogP contribution in [0.2, 0.25) is 0 Å². The molecule has 1 aliphatic heterocycles. The van der Waals surface area contributed by atoms with E-state index >= 15 is 0 Å². The average molecular weight is 211 g/mol. The van der Waals surface area contributed by atoms with E-state index < -0.39 is 18.6 Å². The van der Waals surface area contributed by atoms with Crippen molar-refractivity contribution in [1.29, 1.82) is 0 Å². The Morgan fingerprint density at radius 2 is 2.21 bits per heavy atom. The standard InChI is InChI=1S/C8H12F3NO2/c9-8(10,11)5-12-7(13)4-6-2-1-3-14-6/h6H,1-5H2,(H,12,13)/t6-/m0/s1. The minimum Gasteiger partial charge on any atom is -0.378 e. The Labute approximate surface area is 79.6 Å². The topological polar surface area (TPSA) is 38.3 Å². The van der Waals surface area contributed by atoms with Crippen LogP contribution in [0.3, 0.4) is 0 Å². The Hall–Kier alpha value is -0.780. The van der Waals surface area contributed by atoms with Gasteiger partial charge in [-0.05, 0) is 12.8 Å². The van der Waals surface area contributed by atoms with E-state index in [0.29, 0.717) is 6.61 Å². The number of alkyl halides is 3. The third-order valence-electron chi connectivity index (χ3n) is 1.92. The summed E-state index contributed by atoms with van der Waals surface area (Å²) in [5.74, 6) is -0.603. The van der Waals surface area contributed by atoms with E-state index in [4.69, 9.17) is 4.74 Å². The van der Waals surface area contributed by atoms with Gasteiger partial charge in [0.15, 0.2) is 0 Å². The Balaban J connectivity index is 2.15. The molecule has 1 amide bonds. The lowest BCUT2D eigenvalue weighted by molar-refractivity contribution is -0.139. The maximum Gasteiger partial charge on any atom is 0.405 e. The van der Waals surface area contributed by atoms with Gasteiger partial charge in [-0.15, -0.1) is 0 Å². The molecule has 0 unspecified atom stereocenters. The molecule has 1 heterocycles. The van der Waals surface area contributed by atoms with Crippen molar-refractivity contribution in [3.8, 4) is 0 Å². The van der Waals surface area contributed by atoms with Crippen LogP contribution < -0.4 is 5.32 Å². The first-order chi connectivity index (χ1) is 6.47. The minimum atomic E-state index is -4.34. The van der Waals surface area contributed by atoms with Gasteiger partial charge in [-0.25, -0.2) is 0 Å². The highest BCUT2D eigenvalue weighted by molar-refractivity contribution is 5.76. The lowest BCUT2D eigenvalue weighted by Crippen LogP contribution is -2.35. The molecule has 0 radical (unpaired) electrons. The van der Waals surface area contributed by atoms with Gasteiger partial charge < -0.3 is 10.1 Å². The van der Waals surface area contributed by atoms with E-state index in [9.17, 15) is 18.0 Å². The number of amides is 1. The third-order valence-corrected chi connectivity index (χ3v) is 1.92. The lowest BCUT2D eigenvalue weighted by Gasteiger charge is -2.11. The molecule has 0 spiro atoms. The van der Waals surface area contributed by atoms with E-state index in [1.165, 1.54) is 0 Å². The highest BCUT2D eigenvalue weighted by Gasteiger charge is 2.28. The number of halogens is 3. The van der Waals surface area contributed by atoms with Gasteiger partial charge in [0.1, 0.15) is 6.54 Å². The predicted octanol–water partition coefficient (Wildman–Crippen LogP) is 1.23. The van der Waals surface area contributed by atoms with Crippen LogP contribution >= 0.6 is 0 Å². The van der Waals surface area contributed by atoms with Crippen LogP contribution in [0.15, 0.2) is 0 Å². The maximum atomic E-state index is 11.7. The highest BCUT2D eigenvalue weighted by Crippen LogP contribution is 2.16. The summed E-state index contributed by atoms with van der Waals surface area (Å²) in [6, 6.07) is 0. The summed E-state index contributed by atoms with van der Waals surface area (Å²) in [6.45, 7) is -0.671. The zero-order valence-electron chi connectivity index (χ0n) is 7.56. The molecule has 1 N–H and O–H groups in total. The summed E-state index contributed by atoms with van der Waals surface area (Å²) in [4.78, 5) is 11.0. The van der Waals surface area contributed by atoms with Crippen molar-refractivity contribution in [1.82, 2.24) is 5.32 Å². The lowest BCUT2D eigenvalue weighted by atomic mass is 10.2. The summed E-state index contributed by atoms with van der Waals surface area (Å²) in [5.41, 5.74) is 0. The Bertz CT molecular complexity index is 199. The fraction of sp³-hybridized carbons (Fsp3) is 0.875. The summed E-state index contributed by atoms with van der Waals surface area (Å²) in [6.07, 6.45) is -2.90. The number of nitrogens with one attached hydrogen (secondary N) is 1. The number of rotatable bonds is 3. The molecule has 0 bridgehead atoms. The number of hydrogen-bond acceptors (Lipinski definition) is 2. The van der Waals surface area contributed by atoms with E-state index in [1.807, 2.05) is 0 Å². The molecule has 14 heavy (non-hydrogen) atoms. The molecule has 1 saturated heterocycles. The number of ether oxygens (including phenoxy) is 1. The quantitative estimate of drug-likeness (QED) is 0.762. The van der Waals surface area contributed by atoms with Gasteiger partial charge in [-0.1, -0.05) is 0 Å². The first-order valence-corrected chi connectivity index (χ1v) is 4.42. The van der Waals surface area contributed by atoms with Gasteiger partial charge in [0, 0.05) is 6.61 Å². The average Bonchev–Trinajstić information content (AvgIpc) is 2.52. The molecule has 1 aliphatic rings. The van der Waals surface area contributed by atoms with Crippen molar-refractivity contribution in [2.45, 2.75) is 31.5 Å². The molecular formula is C8H12F3NO2. The van der Waals surface area contributed by atoms with Crippen LogP contribution in [0.25, 0.3) is 0 Å². The molecule has 1 rings (SSSR count). The van der Waals surface area contributed by atoms with Crippen molar-refractivity contribution < 1.29 is 22.7 Å². The van der Waals surface area contributed by atoms with Crippen LogP contribution in [0.5, 0.6) is 0 Å². The molecule has 0 aromatic rings. The molecule has 1 fully saturated rings. The van der Waals surface area contributed by atoms with Crippen LogP contribution in [0, 0.1) is 0 Å². The molecule has 0 saturated carbocycles. The highest BCUT2D eigenvalue weighted by atomic mass is 19.4. The first-order valence-electron chi connectivity index (χ1n) is 4.42. The Morgan fingerprint density at radius 3 is 2.71 bits per heavy atom. The van der Waals surface area contributed by atoms with Gasteiger partial charge in [0.25, 0.3) is 0 Å². The second-order valence-corrected chi connectivity index (χ2v) is 3.23. The van der Waals surface area contributed by atoms with E-state index in [-0.39, 0.29) is 12.5 Å². The summed E-state index contributed by atoms with van der Waals surface area (Å²) < 4.78 is 40.2. The van der Waals surface area contributed by atoms with Crippen LogP contribution in [-0.2, 0) is 9.53 Å². The third kappa shape index (κ3) is 4.45. The van der Waals surface area contributed by atoms with Crippen LogP contribution in [0.1, 0.15) is 19.3 Å². The van der Waals surface area contributed by atoms with Crippen LogP contribution in [-0.4, -0.2) is 31.3 Å². The van der Waals surface area contributed by atoms with Crippen molar-refractivity contribution in [3.05, 3.63) is 0 Å². The normalized spacial score (nSPS) is 22.4. The molecule has 3 nitrogen and oxygen atoms in total. The predicted molar refractivity (Wildman–Crippen MR) is 42.7 cm³/mol. The van der Waals surface area contributed by atoms with Gasteiger partial charge in [-0.2, -0.15) is 13.2 Å². The number of hydrogen-bond donors (Lipinski definition) is 1. The van der Waals surface area contributed by atoms with Crippen LogP contribution in [0.4, 0.5) is 13.2 Å². The molecule has 82 valence electrons. The molecule has 0 aromatic heterocycles. The second-order valence-electron chi connectivity index (χ2n) is 3.23. The fourth-order valence-corrected chi connectivity index (χ4v) is 1.28. The number of carbonyl (C=O) groups is 1. The summed E-state index contributed by atoms with van der Waals surface area (Å²) in [7, 11) is 0. The van der Waals surface area contributed by atoms with Crippen molar-refractivity contribution >= 4 is 5.91 Å². The molecule has 0 aliphatic carbocycles. The van der Waals surface area contributed by atoms with Crippen molar-refractivity contribution in [2.24, 2.45) is 0 Å². The summed E-state index contributed by atoms with van der Waals surface area (Å²) >= 11 is 0. The molecule has 0 aromatic carbocycles. The Morgan fingerprint density at radius 1 is 1.50 bits per heavy atom. The Kier molecular flexibility index (Phi) is 3.74. The molecule has 1 atom stereocenters. The second kappa shape index (κ2) is 4.63. The largest absolute Gasteiger partial charge is 0.405 e. The maximum absolute atomic E-state index is 11.7. The van der Waals surface area contributed by atoms with Gasteiger partial charge >= 0.3 is 6.18 Å². The fourth-order valence-electron chi connectivity index (χ4n) is 1.28. The zero-order chi connectivity index (χ0) is 10.6. The molecular weight excluding hydrogens is 199 g/mol. The van der Waals surface area contributed by atoms with E-state index in [0.717, 1.165) is 12.8 Å². The van der Waals surface area contributed by atoms with Crippen molar-refractivity contribution in [3.63, 3.8) is 0 Å². The zero-order valence-corrected chi connectivity index (χ0v) is 7.56. The van der Waals surface area contributed by atoms with Crippen molar-refractivity contribution in [2.75, 3.05) is 13.2 Å². The smallest absolute Gasteiger partial charge is 0.378 e. The van der Waals surface area contributed by atoms with Gasteiger partial charge in [0.05, 0.1) is 12.5 Å². The van der Waals surface area contributed by atoms with E-state index in [1.54, 1.807) is 5.32 Å². The minimum absolute atomic E-state index is 0.0239. The van der Waals surface area contributed by atoms with Gasteiger partial charge in [-0.3, -0.25) is 4.79 Å². The summed E-state index contributed by atoms with van der Waals surface area (Å²) in [5, 5.41) is 1.81. The molecule has 6 heteroatoms. The monoisotopic (exact) mass is 211 g/mol. The number of carbonyl (C=O) groups excluding carboxylic acids is 1. The first kappa shape index (κ1) is 11.3. The van der Waals surface area contributed by atoms with E-state index in [2.05, 4.69) is 0 Å². The SMILES string of the molecule is O=C(C[C@@H]1CCCO1)NCC(F)(F)F. The van der Waals surface area contributed by atoms with Gasteiger partial charge in [0.2, 0.25) is 5.91 Å².